The highest BCUT2D eigenvalue weighted by Gasteiger charge is 2.48. The molecule has 2 atom stereocenters. The number of hydrogen-bond donors (Lipinski definition) is 2. The average molecular weight is 449 g/mol. The molecular weight excluding hydrogens is 426 g/mol. The predicted octanol–water partition coefficient (Wildman–Crippen LogP) is 4.02. The number of hydrogen-bond acceptors (Lipinski definition) is 5. The molecule has 1 aliphatic carbocycles. The molecule has 0 radical (unpaired) electrons. The standard InChI is InChI=1S/C22H23F4N5O/c1-20(2,23)9-17(19(32)31-21(12-27)7-8-21)30-18(22(24,25)26)15-5-3-14(4-6-15)16-10-28-13-29-11-16/h3-6,10-11,13,17-18,30H,7-9H2,1-2H3,(H,31,32)/t17?,18-/m0/s1. The molecule has 1 fully saturated rings. The molecule has 32 heavy (non-hydrogen) atoms. The van der Waals surface area contributed by atoms with Crippen molar-refractivity contribution in [2.75, 3.05) is 0 Å². The van der Waals surface area contributed by atoms with E-state index in [0.717, 1.165) is 0 Å². The van der Waals surface area contributed by atoms with Crippen LogP contribution in [0.25, 0.3) is 11.1 Å². The number of nitriles is 1. The third-order valence-corrected chi connectivity index (χ3v) is 5.17. The van der Waals surface area contributed by atoms with E-state index in [-0.39, 0.29) is 5.56 Å². The molecule has 0 aliphatic heterocycles. The molecule has 2 aromatic rings. The van der Waals surface area contributed by atoms with Crippen molar-refractivity contribution in [3.05, 3.63) is 48.5 Å². The van der Waals surface area contributed by atoms with Gasteiger partial charge in [0.2, 0.25) is 5.91 Å². The van der Waals surface area contributed by atoms with Crippen LogP contribution in [0.1, 0.15) is 44.7 Å². The lowest BCUT2D eigenvalue weighted by Crippen LogP contribution is -2.53. The molecule has 1 heterocycles. The predicted molar refractivity (Wildman–Crippen MR) is 109 cm³/mol. The number of nitrogens with one attached hydrogen (secondary N) is 2. The Kier molecular flexibility index (Phi) is 6.51. The Morgan fingerprint density at radius 3 is 2.19 bits per heavy atom. The van der Waals surface area contributed by atoms with Gasteiger partial charge in [-0.25, -0.2) is 14.4 Å². The number of carbonyl (C=O) groups is 1. The molecule has 6 nitrogen and oxygen atoms in total. The summed E-state index contributed by atoms with van der Waals surface area (Å²) in [6.07, 6.45) is -0.00277. The van der Waals surface area contributed by atoms with E-state index in [4.69, 9.17) is 0 Å². The quantitative estimate of drug-likeness (QED) is 0.594. The van der Waals surface area contributed by atoms with Gasteiger partial charge in [0.25, 0.3) is 0 Å². The van der Waals surface area contributed by atoms with Gasteiger partial charge >= 0.3 is 6.18 Å². The van der Waals surface area contributed by atoms with Gasteiger partial charge in [0.05, 0.1) is 12.1 Å². The van der Waals surface area contributed by atoms with E-state index in [1.807, 2.05) is 6.07 Å². The minimum Gasteiger partial charge on any atom is -0.336 e. The lowest BCUT2D eigenvalue weighted by Gasteiger charge is -2.30. The fourth-order valence-electron chi connectivity index (χ4n) is 3.32. The van der Waals surface area contributed by atoms with Crippen molar-refractivity contribution in [1.82, 2.24) is 20.6 Å². The van der Waals surface area contributed by atoms with E-state index in [2.05, 4.69) is 20.6 Å². The Labute approximate surface area is 183 Å². The van der Waals surface area contributed by atoms with Gasteiger partial charge in [-0.2, -0.15) is 18.4 Å². The van der Waals surface area contributed by atoms with Gasteiger partial charge in [0, 0.05) is 24.4 Å². The van der Waals surface area contributed by atoms with E-state index in [9.17, 15) is 27.6 Å². The van der Waals surface area contributed by atoms with Gasteiger partial charge in [0.1, 0.15) is 23.6 Å². The maximum absolute atomic E-state index is 14.3. The molecule has 10 heteroatoms. The van der Waals surface area contributed by atoms with Crippen LogP contribution in [-0.2, 0) is 4.79 Å². The summed E-state index contributed by atoms with van der Waals surface area (Å²) in [5.41, 5.74) is -1.86. The Hall–Kier alpha value is -3.06. The summed E-state index contributed by atoms with van der Waals surface area (Å²) in [4.78, 5) is 20.5. The third-order valence-electron chi connectivity index (χ3n) is 5.17. The number of halogens is 4. The highest BCUT2D eigenvalue weighted by atomic mass is 19.4. The molecule has 3 rings (SSSR count). The molecule has 0 spiro atoms. The number of rotatable bonds is 8. The number of carbonyl (C=O) groups excluding carboxylic acids is 1. The molecule has 2 N–H and O–H groups in total. The molecule has 1 unspecified atom stereocenters. The van der Waals surface area contributed by atoms with E-state index in [1.54, 1.807) is 0 Å². The second-order valence-electron chi connectivity index (χ2n) is 8.55. The van der Waals surface area contributed by atoms with Crippen molar-refractivity contribution in [1.29, 1.82) is 5.26 Å². The summed E-state index contributed by atoms with van der Waals surface area (Å²) in [5, 5.41) is 13.9. The maximum atomic E-state index is 14.3. The van der Waals surface area contributed by atoms with Crippen molar-refractivity contribution in [3.63, 3.8) is 0 Å². The van der Waals surface area contributed by atoms with Gasteiger partial charge < -0.3 is 5.32 Å². The molecule has 1 amide bonds. The van der Waals surface area contributed by atoms with Crippen LogP contribution < -0.4 is 10.6 Å². The van der Waals surface area contributed by atoms with Crippen LogP contribution in [0.5, 0.6) is 0 Å². The van der Waals surface area contributed by atoms with E-state index in [1.165, 1.54) is 56.8 Å². The fourth-order valence-corrected chi connectivity index (χ4v) is 3.32. The lowest BCUT2D eigenvalue weighted by atomic mass is 9.96. The number of alkyl halides is 4. The van der Waals surface area contributed by atoms with Gasteiger partial charge in [-0.3, -0.25) is 10.1 Å². The first kappa shape index (κ1) is 23.6. The average Bonchev–Trinajstić information content (AvgIpc) is 3.50. The molecule has 170 valence electrons. The minimum absolute atomic E-state index is 0.131. The Morgan fingerprint density at radius 2 is 1.72 bits per heavy atom. The zero-order valence-corrected chi connectivity index (χ0v) is 17.6. The fraction of sp³-hybridized carbons (Fsp3) is 0.455. The summed E-state index contributed by atoms with van der Waals surface area (Å²) in [6, 6.07) is 3.83. The van der Waals surface area contributed by atoms with Crippen LogP contribution in [0.15, 0.2) is 43.0 Å². The number of aromatic nitrogens is 2. The van der Waals surface area contributed by atoms with Crippen LogP contribution in [0.4, 0.5) is 17.6 Å². The minimum atomic E-state index is -4.75. The molecule has 0 saturated heterocycles. The van der Waals surface area contributed by atoms with E-state index >= 15 is 0 Å². The number of amides is 1. The zero-order chi connectivity index (χ0) is 23.6. The van der Waals surface area contributed by atoms with Crippen molar-refractivity contribution >= 4 is 5.91 Å². The third kappa shape index (κ3) is 6.01. The summed E-state index contributed by atoms with van der Waals surface area (Å²) in [7, 11) is 0. The Balaban J connectivity index is 1.86. The summed E-state index contributed by atoms with van der Waals surface area (Å²) in [6.45, 7) is 2.37. The van der Waals surface area contributed by atoms with Crippen LogP contribution in [0.3, 0.4) is 0 Å². The van der Waals surface area contributed by atoms with Gasteiger partial charge in [-0.15, -0.1) is 0 Å². The highest BCUT2D eigenvalue weighted by Crippen LogP contribution is 2.37. The smallest absolute Gasteiger partial charge is 0.336 e. The Bertz CT molecular complexity index is 977. The molecule has 1 saturated carbocycles. The largest absolute Gasteiger partial charge is 0.407 e. The van der Waals surface area contributed by atoms with Gasteiger partial charge in [-0.05, 0) is 37.8 Å². The van der Waals surface area contributed by atoms with E-state index in [0.29, 0.717) is 24.0 Å². The van der Waals surface area contributed by atoms with Crippen LogP contribution >= 0.6 is 0 Å². The molecule has 1 aromatic heterocycles. The van der Waals surface area contributed by atoms with Crippen molar-refractivity contribution in [2.24, 2.45) is 0 Å². The second-order valence-corrected chi connectivity index (χ2v) is 8.55. The van der Waals surface area contributed by atoms with Crippen LogP contribution in [-0.4, -0.2) is 39.3 Å². The lowest BCUT2D eigenvalue weighted by molar-refractivity contribution is -0.161. The summed E-state index contributed by atoms with van der Waals surface area (Å²) < 4.78 is 56.2. The molecule has 1 aromatic carbocycles. The summed E-state index contributed by atoms with van der Waals surface area (Å²) in [5.74, 6) is -0.831. The number of benzene rings is 1. The van der Waals surface area contributed by atoms with Gasteiger partial charge in [-0.1, -0.05) is 24.3 Å². The van der Waals surface area contributed by atoms with Crippen molar-refractivity contribution in [2.45, 2.75) is 62.6 Å². The highest BCUT2D eigenvalue weighted by molar-refractivity contribution is 5.83. The molecular formula is C22H23F4N5O. The molecule has 0 bridgehead atoms. The SMILES string of the molecule is CC(C)(F)CC(N[C@@H](c1ccc(-c2cncnc2)cc1)C(F)(F)F)C(=O)NC1(C#N)CC1. The van der Waals surface area contributed by atoms with Crippen molar-refractivity contribution < 1.29 is 22.4 Å². The second kappa shape index (κ2) is 8.82. The zero-order valence-electron chi connectivity index (χ0n) is 17.6. The normalized spacial score (nSPS) is 17.2. The maximum Gasteiger partial charge on any atom is 0.407 e. The van der Waals surface area contributed by atoms with Crippen LogP contribution in [0, 0.1) is 11.3 Å². The molecule has 1 aliphatic rings. The van der Waals surface area contributed by atoms with Crippen molar-refractivity contribution in [3.8, 4) is 17.2 Å². The topological polar surface area (TPSA) is 90.7 Å². The summed E-state index contributed by atoms with van der Waals surface area (Å²) >= 11 is 0. The monoisotopic (exact) mass is 449 g/mol. The Morgan fingerprint density at radius 1 is 1.12 bits per heavy atom. The number of nitrogens with zero attached hydrogens (tertiary/aromatic N) is 3. The first-order valence-electron chi connectivity index (χ1n) is 10.0. The van der Waals surface area contributed by atoms with E-state index < -0.39 is 41.8 Å². The first-order chi connectivity index (χ1) is 14.9. The van der Waals surface area contributed by atoms with Gasteiger partial charge in [0.15, 0.2) is 0 Å². The first-order valence-corrected chi connectivity index (χ1v) is 10.0. The van der Waals surface area contributed by atoms with Crippen LogP contribution in [0.2, 0.25) is 0 Å².